The Kier molecular flexibility index (Phi) is 13.2. The van der Waals surface area contributed by atoms with Gasteiger partial charge in [0.05, 0.1) is 19.7 Å². The number of methoxy groups -OCH3 is 2. The van der Waals surface area contributed by atoms with Crippen molar-refractivity contribution in [2.45, 2.75) is 66.0 Å². The van der Waals surface area contributed by atoms with Crippen LogP contribution in [0.2, 0.25) is 0 Å². The summed E-state index contributed by atoms with van der Waals surface area (Å²) >= 11 is 0. The van der Waals surface area contributed by atoms with Gasteiger partial charge in [-0.1, -0.05) is 51.1 Å². The molecule has 4 rings (SSSR count). The van der Waals surface area contributed by atoms with Crippen molar-refractivity contribution in [3.8, 4) is 17.0 Å². The molecule has 10 heteroatoms. The van der Waals surface area contributed by atoms with Crippen molar-refractivity contribution in [1.29, 1.82) is 0 Å². The maximum Gasteiger partial charge on any atom is 0.408 e. The summed E-state index contributed by atoms with van der Waals surface area (Å²) in [5.74, 6) is 0.824. The maximum absolute atomic E-state index is 12.1. The number of likely N-dealkylation sites (tertiary alicyclic amines) is 1. The smallest absolute Gasteiger partial charge is 0.408 e. The van der Waals surface area contributed by atoms with Crippen LogP contribution in [0, 0.1) is 5.92 Å². The first-order valence-electron chi connectivity index (χ1n) is 14.4. The zero-order valence-corrected chi connectivity index (χ0v) is 26.5. The van der Waals surface area contributed by atoms with Crippen LogP contribution in [-0.2, 0) is 19.1 Å². The second-order valence-corrected chi connectivity index (χ2v) is 11.7. The van der Waals surface area contributed by atoms with Crippen LogP contribution in [0.25, 0.3) is 22.2 Å². The van der Waals surface area contributed by atoms with Crippen LogP contribution in [0.5, 0.6) is 5.75 Å². The van der Waals surface area contributed by atoms with Crippen molar-refractivity contribution in [3.63, 3.8) is 0 Å². The molecule has 1 aliphatic rings. The van der Waals surface area contributed by atoms with E-state index in [1.807, 2.05) is 36.4 Å². The van der Waals surface area contributed by atoms with E-state index in [1.165, 1.54) is 12.0 Å². The Bertz CT molecular complexity index is 1410. The number of benzene rings is 2. The molecule has 0 radical (unpaired) electrons. The normalized spacial score (nSPS) is 14.2. The van der Waals surface area contributed by atoms with E-state index < -0.39 is 23.7 Å². The Morgan fingerprint density at radius 1 is 1.02 bits per heavy atom. The molecule has 0 saturated carbocycles. The van der Waals surface area contributed by atoms with E-state index in [0.717, 1.165) is 34.9 Å². The molecule has 3 aromatic rings. The third kappa shape index (κ3) is 11.5. The van der Waals surface area contributed by atoms with Crippen LogP contribution in [0.15, 0.2) is 59.4 Å². The minimum absolute atomic E-state index is 0.00950. The molecule has 234 valence electrons. The molecule has 2 amide bonds. The van der Waals surface area contributed by atoms with Crippen molar-refractivity contribution in [2.75, 3.05) is 27.3 Å². The van der Waals surface area contributed by atoms with Gasteiger partial charge in [-0.05, 0) is 57.2 Å². The molecule has 2 N–H and O–H groups in total. The highest BCUT2D eigenvalue weighted by atomic mass is 16.6. The van der Waals surface area contributed by atoms with Crippen LogP contribution in [0.1, 0.15) is 54.4 Å². The van der Waals surface area contributed by atoms with Gasteiger partial charge >= 0.3 is 12.1 Å². The van der Waals surface area contributed by atoms with Crippen LogP contribution in [-0.4, -0.2) is 66.8 Å². The van der Waals surface area contributed by atoms with Crippen LogP contribution in [0.4, 0.5) is 4.79 Å². The molecule has 0 bridgehead atoms. The van der Waals surface area contributed by atoms with Crippen molar-refractivity contribution < 1.29 is 28.6 Å². The predicted octanol–water partition coefficient (Wildman–Crippen LogP) is 5.54. The average molecular weight is 596 g/mol. The molecule has 1 saturated heterocycles. The zero-order chi connectivity index (χ0) is 32.2. The third-order valence-corrected chi connectivity index (χ3v) is 5.95. The maximum atomic E-state index is 12.1. The van der Waals surface area contributed by atoms with Gasteiger partial charge in [0.25, 0.3) is 0 Å². The minimum Gasteiger partial charge on any atom is -0.497 e. The Morgan fingerprint density at radius 3 is 2.26 bits per heavy atom. The van der Waals surface area contributed by atoms with E-state index in [2.05, 4.69) is 35.8 Å². The molecule has 1 aliphatic heterocycles. The van der Waals surface area contributed by atoms with Gasteiger partial charge in [-0.2, -0.15) is 0 Å². The van der Waals surface area contributed by atoms with E-state index in [0.29, 0.717) is 18.4 Å². The van der Waals surface area contributed by atoms with Crippen molar-refractivity contribution >= 4 is 28.9 Å². The van der Waals surface area contributed by atoms with Gasteiger partial charge < -0.3 is 29.4 Å². The van der Waals surface area contributed by atoms with Gasteiger partial charge in [-0.15, -0.1) is 0 Å². The van der Waals surface area contributed by atoms with Crippen LogP contribution >= 0.6 is 0 Å². The largest absolute Gasteiger partial charge is 0.497 e. The van der Waals surface area contributed by atoms with E-state index in [4.69, 9.17) is 9.47 Å². The van der Waals surface area contributed by atoms with Gasteiger partial charge in [0.1, 0.15) is 23.9 Å². The number of hydrogen-bond acceptors (Lipinski definition) is 7. The summed E-state index contributed by atoms with van der Waals surface area (Å²) in [5.41, 5.74) is 1.98. The molecule has 10 nitrogen and oxygen atoms in total. The number of aromatic amines is 1. The number of fused-ring (bicyclic) bond motifs is 1. The fraction of sp³-hybridized carbons (Fsp3) is 0.455. The van der Waals surface area contributed by atoms with Crippen LogP contribution in [0.3, 0.4) is 0 Å². The first kappa shape index (κ1) is 34.9. The number of ether oxygens (including phenoxy) is 3. The quantitative estimate of drug-likeness (QED) is 0.371. The number of alkyl carbamates (subject to hydrolysis) is 1. The molecular formula is C33H45N3O7. The monoisotopic (exact) mass is 595 g/mol. The van der Waals surface area contributed by atoms with Crippen molar-refractivity contribution in [1.82, 2.24) is 15.2 Å². The Morgan fingerprint density at radius 2 is 1.67 bits per heavy atom. The van der Waals surface area contributed by atoms with Gasteiger partial charge in [0.15, 0.2) is 5.43 Å². The second-order valence-electron chi connectivity index (χ2n) is 11.7. The Balaban J connectivity index is 0.000000267. The second kappa shape index (κ2) is 16.3. The molecule has 2 heterocycles. The number of aromatic nitrogens is 1. The fourth-order valence-corrected chi connectivity index (χ4v) is 4.14. The highest BCUT2D eigenvalue weighted by Crippen LogP contribution is 2.21. The minimum atomic E-state index is -0.653. The van der Waals surface area contributed by atoms with E-state index >= 15 is 0 Å². The molecular weight excluding hydrogens is 550 g/mol. The summed E-state index contributed by atoms with van der Waals surface area (Å²) in [7, 11) is 2.91. The van der Waals surface area contributed by atoms with E-state index in [1.54, 1.807) is 46.1 Å². The summed E-state index contributed by atoms with van der Waals surface area (Å²) in [4.78, 5) is 51.8. The molecule has 1 unspecified atom stereocenters. The predicted molar refractivity (Wildman–Crippen MR) is 168 cm³/mol. The third-order valence-electron chi connectivity index (χ3n) is 5.95. The highest BCUT2D eigenvalue weighted by molar-refractivity contribution is 5.88. The lowest BCUT2D eigenvalue weighted by Crippen LogP contribution is -2.46. The van der Waals surface area contributed by atoms with Gasteiger partial charge in [0, 0.05) is 29.8 Å². The number of nitrogens with zero attached hydrogens (tertiary/aromatic N) is 1. The number of pyridine rings is 1. The summed E-state index contributed by atoms with van der Waals surface area (Å²) in [6, 6.07) is 16.3. The standard InChI is InChI=1S/C16H13NO2.C13H22N2O5.C4H10/c1-19-12-7-8-13-15(9-12)17-14(10-16(13)18)11-5-3-2-4-6-11;1-13(2,3)20-12(18)14-8-10(16)15-7-5-6-9(15)11(17)19-4;1-4(2)3/h2-10H,1H3,(H,17,18);9H,5-8H2,1-4H3,(H,14,18);4H,1-3H3. The lowest BCUT2D eigenvalue weighted by atomic mass is 10.1. The Hall–Kier alpha value is -4.34. The number of amides is 2. The summed E-state index contributed by atoms with van der Waals surface area (Å²) in [5, 5.41) is 3.06. The molecule has 0 aliphatic carbocycles. The van der Waals surface area contributed by atoms with Crippen molar-refractivity contribution in [3.05, 3.63) is 64.8 Å². The van der Waals surface area contributed by atoms with Gasteiger partial charge in [-0.25, -0.2) is 9.59 Å². The van der Waals surface area contributed by atoms with Crippen molar-refractivity contribution in [2.24, 2.45) is 5.92 Å². The molecule has 1 fully saturated rings. The number of hydrogen-bond donors (Lipinski definition) is 2. The first-order valence-corrected chi connectivity index (χ1v) is 14.4. The number of nitrogens with one attached hydrogen (secondary N) is 2. The average Bonchev–Trinajstić information content (AvgIpc) is 3.45. The number of H-pyrrole nitrogens is 1. The first-order chi connectivity index (χ1) is 20.2. The number of rotatable bonds is 5. The molecule has 0 spiro atoms. The number of carbonyl (C=O) groups is 3. The number of esters is 1. The van der Waals surface area contributed by atoms with Gasteiger partial charge in [0.2, 0.25) is 5.91 Å². The molecule has 2 aromatic carbocycles. The molecule has 1 atom stereocenters. The lowest BCUT2D eigenvalue weighted by Gasteiger charge is -2.23. The number of carbonyl (C=O) groups excluding carboxylic acids is 3. The molecule has 43 heavy (non-hydrogen) atoms. The van der Waals surface area contributed by atoms with E-state index in [9.17, 15) is 19.2 Å². The topological polar surface area (TPSA) is 127 Å². The SMILES string of the molecule is CC(C)C.COC(=O)C1CCCN1C(=O)CNC(=O)OC(C)(C)C.COc1ccc2c(=O)cc(-c3ccccc3)[nH]c2c1. The lowest BCUT2D eigenvalue weighted by molar-refractivity contribution is -0.150. The fourth-order valence-electron chi connectivity index (χ4n) is 4.14. The summed E-state index contributed by atoms with van der Waals surface area (Å²) in [6.45, 7) is 12.0. The Labute approximate surface area is 253 Å². The van der Waals surface area contributed by atoms with Gasteiger partial charge in [-0.3, -0.25) is 9.59 Å². The molecule has 1 aromatic heterocycles. The summed E-state index contributed by atoms with van der Waals surface area (Å²) in [6.07, 6.45) is 0.683. The van der Waals surface area contributed by atoms with Crippen LogP contribution < -0.4 is 15.5 Å². The highest BCUT2D eigenvalue weighted by Gasteiger charge is 2.34. The zero-order valence-electron chi connectivity index (χ0n) is 26.5. The summed E-state index contributed by atoms with van der Waals surface area (Å²) < 4.78 is 14.9. The van der Waals surface area contributed by atoms with E-state index in [-0.39, 0.29) is 17.9 Å².